The van der Waals surface area contributed by atoms with E-state index in [0.29, 0.717) is 54.4 Å². The average molecular weight is 1270 g/mol. The van der Waals surface area contributed by atoms with Gasteiger partial charge in [0.15, 0.2) is 6.04 Å². The number of nitrogens with zero attached hydrogens (tertiary/aromatic N) is 8. The fourth-order valence-corrected chi connectivity index (χ4v) is 11.2. The molecule has 10 aromatic rings. The molecule has 21 nitrogen and oxygen atoms in total. The molecule has 1 amide bonds. The van der Waals surface area contributed by atoms with Gasteiger partial charge in [-0.15, -0.1) is 32.9 Å². The van der Waals surface area contributed by atoms with E-state index in [9.17, 15) is 57.9 Å². The Labute approximate surface area is 495 Å². The predicted molar refractivity (Wildman–Crippen MR) is 306 cm³/mol. The van der Waals surface area contributed by atoms with Crippen LogP contribution in [0, 0.1) is 0 Å². The third-order valence-corrected chi connectivity index (χ3v) is 16.8. The van der Waals surface area contributed by atoms with Gasteiger partial charge in [-0.3, -0.25) is 4.79 Å². The minimum Gasteiger partial charge on any atom is -0.487 e. The number of hydrogen-bond acceptors (Lipinski definition) is 17. The Morgan fingerprint density at radius 1 is 0.581 bits per heavy atom. The van der Waals surface area contributed by atoms with Gasteiger partial charge in [-0.05, 0) is 82.9 Å². The molecule has 0 radical (unpaired) electrons. The number of ether oxygens (including phenoxy) is 2. The number of carbonyl (C=O) groups is 2. The first kappa shape index (κ1) is 64.8. The SMILES string of the molecule is C.NCc1ccc(C(F)(F)F)cc1.NS(=O)(=O)c1nc2ccc(OCc3cn([C@@H](Cc4ccccc4)C(=O)NCc4ccc(C(F)(F)F)cc4)nn3)cc2s1.NS(=O)(=O)c1nc2ccc(OCc3cn([C@@H](Cc4ccccc4)C(=O)O)nn3)cc2s1. The number of nitrogens with one attached hydrogen (secondary N) is 1. The summed E-state index contributed by atoms with van der Waals surface area (Å²) in [4.78, 5) is 33.0. The Morgan fingerprint density at radius 3 is 1.38 bits per heavy atom. The number of sulfonamides is 2. The molecule has 0 aliphatic heterocycles. The second kappa shape index (κ2) is 28.0. The van der Waals surface area contributed by atoms with E-state index in [1.54, 1.807) is 42.6 Å². The van der Waals surface area contributed by atoms with Crippen molar-refractivity contribution in [2.75, 3.05) is 0 Å². The van der Waals surface area contributed by atoms with Crippen LogP contribution in [0.3, 0.4) is 0 Å². The van der Waals surface area contributed by atoms with Crippen LogP contribution in [-0.2, 0) is 81.1 Å². The highest BCUT2D eigenvalue weighted by molar-refractivity contribution is 7.91. The van der Waals surface area contributed by atoms with Crippen molar-refractivity contribution in [3.63, 3.8) is 0 Å². The molecule has 0 saturated heterocycles. The van der Waals surface area contributed by atoms with Crippen LogP contribution in [0.15, 0.2) is 167 Å². The molecule has 452 valence electrons. The van der Waals surface area contributed by atoms with Gasteiger partial charge >= 0.3 is 18.3 Å². The molecule has 0 bridgehead atoms. The summed E-state index contributed by atoms with van der Waals surface area (Å²) in [6, 6.07) is 36.1. The van der Waals surface area contributed by atoms with Crippen molar-refractivity contribution >= 4 is 75.0 Å². The lowest BCUT2D eigenvalue weighted by Crippen LogP contribution is -2.34. The monoisotopic (exact) mass is 1270 g/mol. The molecule has 0 fully saturated rings. The van der Waals surface area contributed by atoms with Crippen LogP contribution < -0.4 is 30.8 Å². The van der Waals surface area contributed by atoms with Gasteiger partial charge in [-0.2, -0.15) is 26.3 Å². The second-order valence-electron chi connectivity index (χ2n) is 18.3. The number of carboxylic acid groups (broad SMARTS) is 1. The number of hydrogen-bond donors (Lipinski definition) is 5. The molecule has 4 heterocycles. The standard InChI is InChI=1S/C27H23F3N6O4S2.C19H17N5O5S2.C8H8F3N.CH4/c28-27(29,30)19-8-6-18(7-9-19)14-32-25(37)23(12-17-4-2-1-3-5-17)36-15-20(34-35-36)16-40-21-10-11-22-24(13-21)41-26(33-22)42(31,38)39;20-31(27,28)19-21-15-7-6-14(9-17(15)30-19)29-11-13-10-24(23-22-13)16(18(25)26)8-12-4-2-1-3-5-12;9-8(10,11)7-3-1-6(5-12)2-4-7;/h1-11,13,15,23H,12,14,16H2,(H,32,37)(H2,31,38,39);1-7,9-10,16H,8,11H2,(H,25,26)(H2,20,27,28);1-4H,5,12H2;1H4/t23-;16-;;/m00../s1. The van der Waals surface area contributed by atoms with Crippen LogP contribution in [0.25, 0.3) is 20.4 Å². The van der Waals surface area contributed by atoms with Gasteiger partial charge in [-0.25, -0.2) is 51.2 Å². The van der Waals surface area contributed by atoms with Gasteiger partial charge in [0.1, 0.15) is 42.1 Å². The molecule has 31 heteroatoms. The molecule has 0 unspecified atom stereocenters. The van der Waals surface area contributed by atoms with Crippen LogP contribution in [-0.4, -0.2) is 73.8 Å². The summed E-state index contributed by atoms with van der Waals surface area (Å²) in [6.07, 6.45) is -5.02. The maximum absolute atomic E-state index is 13.3. The molecule has 0 aliphatic carbocycles. The van der Waals surface area contributed by atoms with E-state index in [1.807, 2.05) is 60.7 Å². The molecule has 86 heavy (non-hydrogen) atoms. The molecule has 6 aromatic carbocycles. The molecule has 0 saturated carbocycles. The summed E-state index contributed by atoms with van der Waals surface area (Å²) in [6.45, 7) is 0.361. The van der Waals surface area contributed by atoms with Gasteiger partial charge < -0.3 is 25.6 Å². The summed E-state index contributed by atoms with van der Waals surface area (Å²) in [5.41, 5.74) is 8.62. The van der Waals surface area contributed by atoms with Crippen molar-refractivity contribution in [3.8, 4) is 11.5 Å². The van der Waals surface area contributed by atoms with Gasteiger partial charge in [0.2, 0.25) is 14.6 Å². The molecular weight excluding hydrogens is 1210 g/mol. The van der Waals surface area contributed by atoms with E-state index in [4.69, 9.17) is 25.5 Å². The van der Waals surface area contributed by atoms with Crippen molar-refractivity contribution in [1.82, 2.24) is 45.3 Å². The third-order valence-electron chi connectivity index (χ3n) is 12.1. The van der Waals surface area contributed by atoms with E-state index in [2.05, 4.69) is 35.9 Å². The number of fused-ring (bicyclic) bond motifs is 2. The molecule has 0 aliphatic rings. The van der Waals surface area contributed by atoms with E-state index in [1.165, 1.54) is 39.8 Å². The molecular formula is C55H52F6N12O9S4. The maximum atomic E-state index is 13.3. The highest BCUT2D eigenvalue weighted by Gasteiger charge is 2.31. The Morgan fingerprint density at radius 2 is 0.988 bits per heavy atom. The van der Waals surface area contributed by atoms with E-state index in [-0.39, 0.29) is 55.3 Å². The first-order valence-corrected chi connectivity index (χ1v) is 29.6. The lowest BCUT2D eigenvalue weighted by Gasteiger charge is -2.17. The topological polar surface area (TPSA) is 318 Å². The lowest BCUT2D eigenvalue weighted by molar-refractivity contribution is -0.141. The summed E-state index contributed by atoms with van der Waals surface area (Å²) >= 11 is 1.88. The minimum atomic E-state index is -4.44. The smallest absolute Gasteiger partial charge is 0.416 e. The minimum absolute atomic E-state index is 0. The zero-order valence-corrected chi connectivity index (χ0v) is 47.1. The average Bonchev–Trinajstić information content (AvgIpc) is 2.72. The molecule has 8 N–H and O–H groups in total. The van der Waals surface area contributed by atoms with Gasteiger partial charge in [0.25, 0.3) is 20.0 Å². The first-order chi connectivity index (χ1) is 40.3. The number of benzene rings is 6. The number of primary sulfonamides is 2. The quantitative estimate of drug-likeness (QED) is 0.0471. The van der Waals surface area contributed by atoms with Crippen molar-refractivity contribution < 1.29 is 67.3 Å². The number of nitrogens with two attached hydrogens (primary N) is 3. The fraction of sp³-hybridized carbons (Fsp3) is 0.200. The lowest BCUT2D eigenvalue weighted by atomic mass is 10.1. The molecule has 10 rings (SSSR count). The second-order valence-corrected chi connectivity index (χ2v) is 23.9. The number of aliphatic carboxylic acids is 1. The highest BCUT2D eigenvalue weighted by Crippen LogP contribution is 2.32. The van der Waals surface area contributed by atoms with Crippen LogP contribution in [0.1, 0.15) is 64.3 Å². The normalized spacial score (nSPS) is 12.4. The first-order valence-electron chi connectivity index (χ1n) is 24.8. The fourth-order valence-electron chi connectivity index (χ4n) is 7.79. The van der Waals surface area contributed by atoms with Crippen molar-refractivity contribution in [1.29, 1.82) is 0 Å². The summed E-state index contributed by atoms with van der Waals surface area (Å²) in [7, 11) is -7.79. The largest absolute Gasteiger partial charge is 0.487 e. The number of carboxylic acids is 1. The van der Waals surface area contributed by atoms with E-state index < -0.39 is 67.5 Å². The van der Waals surface area contributed by atoms with Crippen molar-refractivity contribution in [3.05, 3.63) is 203 Å². The predicted octanol–water partition coefficient (Wildman–Crippen LogP) is 9.02. The summed E-state index contributed by atoms with van der Waals surface area (Å²) < 4.78 is 136. The third kappa shape index (κ3) is 17.9. The number of halogens is 6. The Hall–Kier alpha value is -8.72. The van der Waals surface area contributed by atoms with E-state index in [0.717, 1.165) is 58.1 Å². The van der Waals surface area contributed by atoms with Crippen LogP contribution >= 0.6 is 22.7 Å². The number of thiazole rings is 2. The van der Waals surface area contributed by atoms with Crippen LogP contribution in [0.5, 0.6) is 11.5 Å². The van der Waals surface area contributed by atoms with Crippen LogP contribution in [0.4, 0.5) is 26.3 Å². The number of carbonyl (C=O) groups excluding carboxylic acids is 1. The van der Waals surface area contributed by atoms with Crippen molar-refractivity contribution in [2.45, 2.75) is 79.7 Å². The van der Waals surface area contributed by atoms with Gasteiger partial charge in [-0.1, -0.05) is 103 Å². The van der Waals surface area contributed by atoms with E-state index >= 15 is 0 Å². The highest BCUT2D eigenvalue weighted by atomic mass is 32.3. The Kier molecular flexibility index (Phi) is 21.1. The number of rotatable bonds is 19. The zero-order valence-electron chi connectivity index (χ0n) is 43.8. The number of aromatic nitrogens is 8. The maximum Gasteiger partial charge on any atom is 0.416 e. The van der Waals surface area contributed by atoms with Crippen molar-refractivity contribution in [2.24, 2.45) is 16.0 Å². The summed E-state index contributed by atoms with van der Waals surface area (Å²) in [5, 5.41) is 38.8. The molecule has 4 aromatic heterocycles. The Bertz CT molecular complexity index is 4130. The molecule has 2 atom stereocenters. The van der Waals surface area contributed by atoms with Gasteiger partial charge in [0, 0.05) is 25.9 Å². The zero-order chi connectivity index (χ0) is 61.1. The van der Waals surface area contributed by atoms with Crippen LogP contribution in [0.2, 0.25) is 0 Å². The number of alkyl halides is 6. The summed E-state index contributed by atoms with van der Waals surface area (Å²) in [5.74, 6) is -0.484. The van der Waals surface area contributed by atoms with Gasteiger partial charge in [0.05, 0.1) is 44.0 Å². The number of amides is 1. The Balaban J connectivity index is 0.000000210. The molecule has 0 spiro atoms.